The van der Waals surface area contributed by atoms with Gasteiger partial charge in [-0.05, 0) is 32.1 Å². The van der Waals surface area contributed by atoms with Crippen LogP contribution in [0.15, 0.2) is 0 Å². The van der Waals surface area contributed by atoms with E-state index in [0.29, 0.717) is 12.3 Å². The first-order valence-corrected chi connectivity index (χ1v) is 6.81. The van der Waals surface area contributed by atoms with Gasteiger partial charge in [0.25, 0.3) is 0 Å². The van der Waals surface area contributed by atoms with E-state index in [1.54, 1.807) is 0 Å². The zero-order valence-corrected chi connectivity index (χ0v) is 11.4. The van der Waals surface area contributed by atoms with Crippen LogP contribution in [0, 0.1) is 5.92 Å². The van der Waals surface area contributed by atoms with Crippen LogP contribution in [0.5, 0.6) is 0 Å². The van der Waals surface area contributed by atoms with Crippen LogP contribution in [0.4, 0.5) is 0 Å². The molecule has 0 unspecified atom stereocenters. The van der Waals surface area contributed by atoms with Crippen molar-refractivity contribution in [1.82, 2.24) is 0 Å². The van der Waals surface area contributed by atoms with Gasteiger partial charge in [0.2, 0.25) is 0 Å². The number of ether oxygens (including phenoxy) is 2. The van der Waals surface area contributed by atoms with Crippen molar-refractivity contribution in [2.75, 3.05) is 0 Å². The van der Waals surface area contributed by atoms with Crippen LogP contribution in [0.25, 0.3) is 0 Å². The van der Waals surface area contributed by atoms with Gasteiger partial charge in [-0.25, -0.2) is 0 Å². The molecule has 0 aromatic heterocycles. The van der Waals surface area contributed by atoms with Crippen molar-refractivity contribution < 1.29 is 14.3 Å². The van der Waals surface area contributed by atoms with Gasteiger partial charge in [-0.1, -0.05) is 20.8 Å². The van der Waals surface area contributed by atoms with Gasteiger partial charge in [-0.2, -0.15) is 0 Å². The van der Waals surface area contributed by atoms with Crippen molar-refractivity contribution in [3.63, 3.8) is 0 Å². The number of carbonyl (C=O) groups excluding carboxylic acids is 1. The van der Waals surface area contributed by atoms with Gasteiger partial charge in [0.15, 0.2) is 0 Å². The molecule has 2 saturated heterocycles. The van der Waals surface area contributed by atoms with E-state index in [9.17, 15) is 4.79 Å². The predicted octanol–water partition coefficient (Wildman–Crippen LogP) is 3.07. The summed E-state index contributed by atoms with van der Waals surface area (Å²) in [5, 5.41) is 0. The van der Waals surface area contributed by atoms with Crippen LogP contribution in [0.1, 0.15) is 59.8 Å². The molecule has 0 amide bonds. The summed E-state index contributed by atoms with van der Waals surface area (Å²) in [6.45, 7) is 8.48. The Kier molecular flexibility index (Phi) is 3.23. The molecule has 2 fully saturated rings. The maximum Gasteiger partial charge on any atom is 0.306 e. The highest BCUT2D eigenvalue weighted by Gasteiger charge is 2.61. The number of esters is 1. The smallest absolute Gasteiger partial charge is 0.306 e. The molecule has 3 heteroatoms. The highest BCUT2D eigenvalue weighted by atomic mass is 16.6. The second-order valence-corrected chi connectivity index (χ2v) is 6.07. The highest BCUT2D eigenvalue weighted by molar-refractivity contribution is 5.69. The Morgan fingerprint density at radius 2 is 2.18 bits per heavy atom. The van der Waals surface area contributed by atoms with E-state index in [4.69, 9.17) is 9.47 Å². The lowest BCUT2D eigenvalue weighted by Crippen LogP contribution is -2.39. The fourth-order valence-corrected chi connectivity index (χ4v) is 3.16. The van der Waals surface area contributed by atoms with Gasteiger partial charge in [-0.3, -0.25) is 4.79 Å². The van der Waals surface area contributed by atoms with Crippen LogP contribution in [-0.4, -0.2) is 23.3 Å². The highest BCUT2D eigenvalue weighted by Crippen LogP contribution is 2.54. The molecule has 2 rings (SSSR count). The summed E-state index contributed by atoms with van der Waals surface area (Å²) >= 11 is 0. The lowest BCUT2D eigenvalue weighted by Gasteiger charge is -2.31. The van der Waals surface area contributed by atoms with E-state index in [2.05, 4.69) is 20.8 Å². The van der Waals surface area contributed by atoms with Gasteiger partial charge in [-0.15, -0.1) is 0 Å². The van der Waals surface area contributed by atoms with Crippen LogP contribution >= 0.6 is 0 Å². The minimum absolute atomic E-state index is 0.0438. The summed E-state index contributed by atoms with van der Waals surface area (Å²) in [4.78, 5) is 11.6. The molecule has 0 aromatic rings. The summed E-state index contributed by atoms with van der Waals surface area (Å²) in [7, 11) is 0. The van der Waals surface area contributed by atoms with E-state index in [0.717, 1.165) is 25.7 Å². The molecule has 0 N–H and O–H groups in total. The van der Waals surface area contributed by atoms with Gasteiger partial charge in [0.05, 0.1) is 5.60 Å². The molecule has 0 radical (unpaired) electrons. The molecule has 3 nitrogen and oxygen atoms in total. The van der Waals surface area contributed by atoms with Gasteiger partial charge in [0.1, 0.15) is 11.7 Å². The second kappa shape index (κ2) is 4.27. The van der Waals surface area contributed by atoms with Gasteiger partial charge in [0, 0.05) is 12.8 Å². The van der Waals surface area contributed by atoms with E-state index < -0.39 is 0 Å². The number of hydrogen-bond acceptors (Lipinski definition) is 3. The first-order valence-electron chi connectivity index (χ1n) is 6.81. The molecular weight excluding hydrogens is 216 g/mol. The lowest BCUT2D eigenvalue weighted by molar-refractivity contribution is -0.157. The Bertz CT molecular complexity index is 313. The van der Waals surface area contributed by atoms with E-state index in [-0.39, 0.29) is 23.3 Å². The first kappa shape index (κ1) is 12.9. The molecule has 0 spiro atoms. The van der Waals surface area contributed by atoms with Gasteiger partial charge >= 0.3 is 5.97 Å². The first-order chi connectivity index (χ1) is 7.92. The third-order valence-corrected chi connectivity index (χ3v) is 4.47. The van der Waals surface area contributed by atoms with Crippen LogP contribution in [0.2, 0.25) is 0 Å². The molecule has 2 bridgehead atoms. The monoisotopic (exact) mass is 240 g/mol. The standard InChI is InChI=1S/C14H24O3/c1-5-6-12(15)16-11-9-14(10(2)3)8-7-13(11,4)17-14/h10-11H,5-9H2,1-4H3/t11-,13-,14-/m1/s1. The Morgan fingerprint density at radius 1 is 1.47 bits per heavy atom. The number of carbonyl (C=O) groups is 1. The van der Waals surface area contributed by atoms with Crippen LogP contribution in [-0.2, 0) is 14.3 Å². The van der Waals surface area contributed by atoms with Crippen LogP contribution in [0.3, 0.4) is 0 Å². The Labute approximate surface area is 104 Å². The molecule has 0 saturated carbocycles. The fourth-order valence-electron chi connectivity index (χ4n) is 3.16. The Balaban J connectivity index is 2.05. The fraction of sp³-hybridized carbons (Fsp3) is 0.929. The van der Waals surface area contributed by atoms with Crippen molar-refractivity contribution in [3.8, 4) is 0 Å². The van der Waals surface area contributed by atoms with Crippen molar-refractivity contribution in [1.29, 1.82) is 0 Å². The van der Waals surface area contributed by atoms with Crippen molar-refractivity contribution in [2.45, 2.75) is 77.1 Å². The SMILES string of the molecule is CCCC(=O)O[C@@H]1C[C@@]2(C(C)C)CC[C@@]1(C)O2. The summed E-state index contributed by atoms with van der Waals surface area (Å²) in [6, 6.07) is 0. The summed E-state index contributed by atoms with van der Waals surface area (Å²) in [6.07, 6.45) is 4.30. The lowest BCUT2D eigenvalue weighted by atomic mass is 9.75. The average Bonchev–Trinajstić information content (AvgIpc) is 2.70. The minimum Gasteiger partial charge on any atom is -0.459 e. The van der Waals surface area contributed by atoms with E-state index in [1.807, 2.05) is 6.92 Å². The normalized spacial score (nSPS) is 39.9. The molecule has 2 aliphatic heterocycles. The zero-order valence-electron chi connectivity index (χ0n) is 11.4. The summed E-state index contributed by atoms with van der Waals surface area (Å²) in [5.41, 5.74) is -0.292. The van der Waals surface area contributed by atoms with Crippen molar-refractivity contribution >= 4 is 5.97 Å². The summed E-state index contributed by atoms with van der Waals surface area (Å²) in [5.74, 6) is 0.410. The topological polar surface area (TPSA) is 35.5 Å². The Morgan fingerprint density at radius 3 is 2.71 bits per heavy atom. The molecule has 2 aliphatic rings. The van der Waals surface area contributed by atoms with E-state index in [1.165, 1.54) is 0 Å². The number of fused-ring (bicyclic) bond motifs is 2. The molecule has 98 valence electrons. The molecule has 17 heavy (non-hydrogen) atoms. The number of rotatable bonds is 4. The average molecular weight is 240 g/mol. The van der Waals surface area contributed by atoms with Crippen molar-refractivity contribution in [3.05, 3.63) is 0 Å². The number of hydrogen-bond donors (Lipinski definition) is 0. The Hall–Kier alpha value is -0.570. The zero-order chi connectivity index (χ0) is 12.7. The van der Waals surface area contributed by atoms with Crippen molar-refractivity contribution in [2.24, 2.45) is 5.92 Å². The molecule has 3 atom stereocenters. The third kappa shape index (κ3) is 2.10. The molecule has 2 heterocycles. The quantitative estimate of drug-likeness (QED) is 0.708. The molecular formula is C14H24O3. The van der Waals surface area contributed by atoms with Crippen LogP contribution < -0.4 is 0 Å². The largest absolute Gasteiger partial charge is 0.459 e. The van der Waals surface area contributed by atoms with E-state index >= 15 is 0 Å². The summed E-state index contributed by atoms with van der Waals surface area (Å²) < 4.78 is 11.8. The molecule has 0 aliphatic carbocycles. The molecule has 0 aromatic carbocycles. The minimum atomic E-state index is -0.242. The maximum absolute atomic E-state index is 11.6. The van der Waals surface area contributed by atoms with Gasteiger partial charge < -0.3 is 9.47 Å². The maximum atomic E-state index is 11.6. The predicted molar refractivity (Wildman–Crippen MR) is 65.7 cm³/mol. The second-order valence-electron chi connectivity index (χ2n) is 6.07. The third-order valence-electron chi connectivity index (χ3n) is 4.47.